The second kappa shape index (κ2) is 6.79. The van der Waals surface area contributed by atoms with Gasteiger partial charge in [0.15, 0.2) is 0 Å². The van der Waals surface area contributed by atoms with Crippen molar-refractivity contribution >= 4 is 27.8 Å². The molecule has 1 aromatic carbocycles. The molecule has 0 aliphatic carbocycles. The number of hydrogen-bond donors (Lipinski definition) is 0. The molecule has 0 spiro atoms. The first-order valence-corrected chi connectivity index (χ1v) is 7.90. The number of morpholine rings is 1. The zero-order valence-corrected chi connectivity index (χ0v) is 14.6. The highest BCUT2D eigenvalue weighted by molar-refractivity contribution is 9.10. The van der Waals surface area contributed by atoms with E-state index >= 15 is 0 Å². The average Bonchev–Trinajstić information content (AvgIpc) is 2.40. The van der Waals surface area contributed by atoms with Crippen molar-refractivity contribution in [2.75, 3.05) is 19.7 Å². The number of rotatable bonds is 3. The first kappa shape index (κ1) is 17.0. The molecule has 0 saturated carbocycles. The summed E-state index contributed by atoms with van der Waals surface area (Å²) in [5.41, 5.74) is 0.419. The van der Waals surface area contributed by atoms with Crippen LogP contribution in [0.25, 0.3) is 0 Å². The summed E-state index contributed by atoms with van der Waals surface area (Å²) in [5, 5.41) is 0. The molecular formula is C16H20BrNO4. The summed E-state index contributed by atoms with van der Waals surface area (Å²) in [6.45, 7) is 5.68. The molecule has 0 radical (unpaired) electrons. The van der Waals surface area contributed by atoms with Gasteiger partial charge < -0.3 is 14.4 Å². The van der Waals surface area contributed by atoms with Crippen LogP contribution in [0, 0.1) is 0 Å². The Balaban J connectivity index is 2.00. The van der Waals surface area contributed by atoms with Crippen LogP contribution in [-0.2, 0) is 19.1 Å². The molecule has 1 saturated heterocycles. The molecule has 1 atom stereocenters. The molecule has 0 N–H and O–H groups in total. The lowest BCUT2D eigenvalue weighted by atomic mass is 10.1. The first-order valence-electron chi connectivity index (χ1n) is 7.11. The lowest BCUT2D eigenvalue weighted by Crippen LogP contribution is -2.46. The molecule has 120 valence electrons. The third kappa shape index (κ3) is 4.81. The highest BCUT2D eigenvalue weighted by Gasteiger charge is 2.30. The van der Waals surface area contributed by atoms with Crippen molar-refractivity contribution in [3.05, 3.63) is 34.3 Å². The molecule has 2 rings (SSSR count). The van der Waals surface area contributed by atoms with Gasteiger partial charge in [-0.3, -0.25) is 9.59 Å². The topological polar surface area (TPSA) is 55.8 Å². The van der Waals surface area contributed by atoms with Crippen molar-refractivity contribution in [2.45, 2.75) is 32.5 Å². The van der Waals surface area contributed by atoms with E-state index in [1.165, 1.54) is 4.90 Å². The number of esters is 1. The fourth-order valence-electron chi connectivity index (χ4n) is 2.18. The van der Waals surface area contributed by atoms with Crippen LogP contribution in [0.3, 0.4) is 0 Å². The Hall–Kier alpha value is -1.40. The van der Waals surface area contributed by atoms with Gasteiger partial charge >= 0.3 is 5.97 Å². The summed E-state index contributed by atoms with van der Waals surface area (Å²) < 4.78 is 11.8. The van der Waals surface area contributed by atoms with Crippen LogP contribution in [0.5, 0.6) is 0 Å². The van der Waals surface area contributed by atoms with E-state index in [0.29, 0.717) is 6.54 Å². The van der Waals surface area contributed by atoms with Crippen LogP contribution >= 0.6 is 15.9 Å². The van der Waals surface area contributed by atoms with Crippen molar-refractivity contribution in [1.29, 1.82) is 0 Å². The molecule has 0 bridgehead atoms. The largest absolute Gasteiger partial charge is 0.459 e. The monoisotopic (exact) mass is 369 g/mol. The second-order valence-electron chi connectivity index (χ2n) is 6.21. The molecule has 5 nitrogen and oxygen atoms in total. The first-order chi connectivity index (χ1) is 10.2. The summed E-state index contributed by atoms with van der Waals surface area (Å²) >= 11 is 3.38. The van der Waals surface area contributed by atoms with Crippen LogP contribution in [0.1, 0.15) is 32.4 Å². The van der Waals surface area contributed by atoms with Crippen molar-refractivity contribution in [2.24, 2.45) is 0 Å². The molecule has 1 fully saturated rings. The van der Waals surface area contributed by atoms with Gasteiger partial charge in [0.1, 0.15) is 24.9 Å². The maximum atomic E-state index is 11.9. The van der Waals surface area contributed by atoms with Crippen LogP contribution in [0.15, 0.2) is 28.7 Å². The second-order valence-corrected chi connectivity index (χ2v) is 7.13. The number of carbonyl (C=O) groups is 2. The Morgan fingerprint density at radius 1 is 1.36 bits per heavy atom. The quantitative estimate of drug-likeness (QED) is 0.768. The predicted octanol–water partition coefficient (Wildman–Crippen LogP) is 2.69. The molecule has 0 unspecified atom stereocenters. The van der Waals surface area contributed by atoms with Crippen molar-refractivity contribution in [1.82, 2.24) is 4.90 Å². The van der Waals surface area contributed by atoms with Crippen LogP contribution in [0.4, 0.5) is 0 Å². The number of nitrogens with zero attached hydrogens (tertiary/aromatic N) is 1. The molecule has 22 heavy (non-hydrogen) atoms. The maximum Gasteiger partial charge on any atom is 0.326 e. The van der Waals surface area contributed by atoms with E-state index in [1.807, 2.05) is 24.3 Å². The minimum atomic E-state index is -0.558. The van der Waals surface area contributed by atoms with Gasteiger partial charge in [0.2, 0.25) is 5.91 Å². The van der Waals surface area contributed by atoms with E-state index in [1.54, 1.807) is 20.8 Å². The third-order valence-electron chi connectivity index (χ3n) is 3.13. The number of carbonyl (C=O) groups excluding carboxylic acids is 2. The maximum absolute atomic E-state index is 11.9. The Labute approximate surface area is 138 Å². The Morgan fingerprint density at radius 3 is 2.59 bits per heavy atom. The summed E-state index contributed by atoms with van der Waals surface area (Å²) in [7, 11) is 0. The zero-order valence-electron chi connectivity index (χ0n) is 13.0. The van der Waals surface area contributed by atoms with Crippen LogP contribution < -0.4 is 0 Å². The summed E-state index contributed by atoms with van der Waals surface area (Å²) in [4.78, 5) is 25.3. The minimum absolute atomic E-state index is 0.0243. The number of ether oxygens (including phenoxy) is 2. The lowest BCUT2D eigenvalue weighted by molar-refractivity contribution is -0.165. The van der Waals surface area contributed by atoms with Crippen LogP contribution in [0.2, 0.25) is 0 Å². The van der Waals surface area contributed by atoms with E-state index in [9.17, 15) is 9.59 Å². The van der Waals surface area contributed by atoms with Crippen molar-refractivity contribution in [3.8, 4) is 0 Å². The third-order valence-corrected chi connectivity index (χ3v) is 3.66. The number of halogens is 1. The Kier molecular flexibility index (Phi) is 5.24. The van der Waals surface area contributed by atoms with Gasteiger partial charge in [-0.1, -0.05) is 28.1 Å². The molecule has 6 heteroatoms. The van der Waals surface area contributed by atoms with E-state index in [0.717, 1.165) is 10.0 Å². The van der Waals surface area contributed by atoms with E-state index < -0.39 is 11.6 Å². The van der Waals surface area contributed by atoms with E-state index in [2.05, 4.69) is 15.9 Å². The Morgan fingerprint density at radius 2 is 2.00 bits per heavy atom. The lowest BCUT2D eigenvalue weighted by Gasteiger charge is -2.33. The average molecular weight is 370 g/mol. The van der Waals surface area contributed by atoms with Crippen molar-refractivity contribution < 1.29 is 19.1 Å². The van der Waals surface area contributed by atoms with Gasteiger partial charge in [-0.15, -0.1) is 0 Å². The molecular weight excluding hydrogens is 350 g/mol. The van der Waals surface area contributed by atoms with E-state index in [4.69, 9.17) is 9.47 Å². The summed E-state index contributed by atoms with van der Waals surface area (Å²) in [5.74, 6) is -0.600. The zero-order chi connectivity index (χ0) is 16.3. The highest BCUT2D eigenvalue weighted by atomic mass is 79.9. The number of hydrogen-bond acceptors (Lipinski definition) is 4. The molecule has 1 aromatic rings. The van der Waals surface area contributed by atoms with Crippen LogP contribution in [-0.4, -0.2) is 42.1 Å². The molecule has 0 aromatic heterocycles. The minimum Gasteiger partial charge on any atom is -0.459 e. The SMILES string of the molecule is CC(C)(C)OC(=O)CN1C[C@H](c2ccc(Br)cc2)OCC1=O. The molecule has 1 aliphatic rings. The molecule has 1 aliphatic heterocycles. The van der Waals surface area contributed by atoms with E-state index in [-0.39, 0.29) is 25.2 Å². The molecule has 1 heterocycles. The highest BCUT2D eigenvalue weighted by Crippen LogP contribution is 2.24. The van der Waals surface area contributed by atoms with Gasteiger partial charge in [-0.25, -0.2) is 0 Å². The summed E-state index contributed by atoms with van der Waals surface area (Å²) in [6.07, 6.45) is -0.228. The fourth-order valence-corrected chi connectivity index (χ4v) is 2.44. The predicted molar refractivity (Wildman–Crippen MR) is 85.3 cm³/mol. The Bertz CT molecular complexity index is 550. The number of benzene rings is 1. The van der Waals surface area contributed by atoms with Gasteiger partial charge in [-0.2, -0.15) is 0 Å². The standard InChI is InChI=1S/C16H20BrNO4/c1-16(2,3)22-15(20)9-18-8-13(21-10-14(18)19)11-4-6-12(17)7-5-11/h4-7,13H,8-10H2,1-3H3/t13-/m1/s1. The normalized spacial score (nSPS) is 19.2. The summed E-state index contributed by atoms with van der Waals surface area (Å²) in [6, 6.07) is 7.73. The number of amides is 1. The fraction of sp³-hybridized carbons (Fsp3) is 0.500. The van der Waals surface area contributed by atoms with Gasteiger partial charge in [0, 0.05) is 4.47 Å². The van der Waals surface area contributed by atoms with Gasteiger partial charge in [0.05, 0.1) is 6.54 Å². The smallest absolute Gasteiger partial charge is 0.326 e. The molecule has 1 amide bonds. The van der Waals surface area contributed by atoms with Crippen molar-refractivity contribution in [3.63, 3.8) is 0 Å². The van der Waals surface area contributed by atoms with Gasteiger partial charge in [-0.05, 0) is 38.5 Å². The van der Waals surface area contributed by atoms with Gasteiger partial charge in [0.25, 0.3) is 0 Å².